The molecule has 5 nitrogen and oxygen atoms in total. The zero-order chi connectivity index (χ0) is 26.2. The van der Waals surface area contributed by atoms with Crippen LogP contribution in [0.25, 0.3) is 61.7 Å². The number of nitrogens with zero attached hydrogens (tertiary/aromatic N) is 5. The highest BCUT2D eigenvalue weighted by molar-refractivity contribution is 6.09. The van der Waals surface area contributed by atoms with E-state index in [4.69, 9.17) is 15.0 Å². The minimum absolute atomic E-state index is 0.621. The molecule has 0 aliphatic rings. The largest absolute Gasteiger partial charge is 0.309 e. The predicted molar refractivity (Wildman–Crippen MR) is 155 cm³/mol. The maximum atomic E-state index is 9.44. The number of benzene rings is 5. The molecule has 0 N–H and O–H groups in total. The van der Waals surface area contributed by atoms with Gasteiger partial charge in [0, 0.05) is 33.2 Å². The maximum absolute atomic E-state index is 9.44. The smallest absolute Gasteiger partial charge is 0.164 e. The molecule has 0 aliphatic carbocycles. The Hall–Kier alpha value is -5.60. The summed E-state index contributed by atoms with van der Waals surface area (Å²) < 4.78 is 2.23. The Balaban J connectivity index is 1.37. The molecule has 2 heterocycles. The van der Waals surface area contributed by atoms with E-state index < -0.39 is 0 Å². The van der Waals surface area contributed by atoms with Gasteiger partial charge in [0.05, 0.1) is 22.7 Å². The maximum Gasteiger partial charge on any atom is 0.164 e. The third-order valence-electron chi connectivity index (χ3n) is 6.88. The molecule has 5 heteroatoms. The third kappa shape index (κ3) is 4.01. The topological polar surface area (TPSA) is 67.4 Å². The Morgan fingerprint density at radius 3 is 1.59 bits per heavy atom. The predicted octanol–water partition coefficient (Wildman–Crippen LogP) is 7.84. The van der Waals surface area contributed by atoms with Crippen LogP contribution in [0.15, 0.2) is 127 Å². The number of para-hydroxylation sites is 1. The van der Waals surface area contributed by atoms with Crippen LogP contribution in [0.3, 0.4) is 0 Å². The highest BCUT2D eigenvalue weighted by Crippen LogP contribution is 2.33. The molecular formula is C34H21N5. The second-order valence-electron chi connectivity index (χ2n) is 9.28. The van der Waals surface area contributed by atoms with Crippen LogP contribution in [0.5, 0.6) is 0 Å². The fourth-order valence-electron chi connectivity index (χ4n) is 5.02. The van der Waals surface area contributed by atoms with Gasteiger partial charge in [0.15, 0.2) is 17.5 Å². The van der Waals surface area contributed by atoms with E-state index in [1.165, 1.54) is 0 Å². The first-order chi connectivity index (χ1) is 19.3. The van der Waals surface area contributed by atoms with E-state index in [1.807, 2.05) is 91.0 Å². The minimum Gasteiger partial charge on any atom is -0.309 e. The van der Waals surface area contributed by atoms with Crippen LogP contribution in [0, 0.1) is 11.3 Å². The summed E-state index contributed by atoms with van der Waals surface area (Å²) in [6.45, 7) is 0. The number of rotatable bonds is 4. The van der Waals surface area contributed by atoms with Crippen LogP contribution in [0.1, 0.15) is 5.56 Å². The first-order valence-electron chi connectivity index (χ1n) is 12.7. The minimum atomic E-state index is 0.621. The molecule has 0 saturated carbocycles. The van der Waals surface area contributed by atoms with E-state index >= 15 is 0 Å². The Morgan fingerprint density at radius 1 is 0.487 bits per heavy atom. The molecule has 182 valence electrons. The summed E-state index contributed by atoms with van der Waals surface area (Å²) in [6, 6.07) is 44.6. The Bertz CT molecular complexity index is 1940. The number of fused-ring (bicyclic) bond motifs is 3. The lowest BCUT2D eigenvalue weighted by molar-refractivity contribution is 1.07. The summed E-state index contributed by atoms with van der Waals surface area (Å²) >= 11 is 0. The SMILES string of the molecule is N#Cc1ccc2c(c1)c1ccccc1n2-c1ccc(-c2nc(-c3ccccc3)nc(-c3ccccc3)n2)cc1. The molecule has 2 aromatic heterocycles. The summed E-state index contributed by atoms with van der Waals surface area (Å²) in [7, 11) is 0. The van der Waals surface area contributed by atoms with Gasteiger partial charge in [-0.2, -0.15) is 5.26 Å². The van der Waals surface area contributed by atoms with Gasteiger partial charge in [-0.15, -0.1) is 0 Å². The van der Waals surface area contributed by atoms with Crippen molar-refractivity contribution in [2.45, 2.75) is 0 Å². The van der Waals surface area contributed by atoms with Crippen molar-refractivity contribution in [3.8, 4) is 45.9 Å². The van der Waals surface area contributed by atoms with Gasteiger partial charge >= 0.3 is 0 Å². The van der Waals surface area contributed by atoms with Gasteiger partial charge in [0.25, 0.3) is 0 Å². The monoisotopic (exact) mass is 499 g/mol. The van der Waals surface area contributed by atoms with Crippen molar-refractivity contribution < 1.29 is 0 Å². The van der Waals surface area contributed by atoms with Crippen LogP contribution in [0.4, 0.5) is 0 Å². The molecule has 0 bridgehead atoms. The molecule has 0 amide bonds. The van der Waals surface area contributed by atoms with Crippen molar-refractivity contribution in [1.82, 2.24) is 19.5 Å². The molecular weight excluding hydrogens is 478 g/mol. The average Bonchev–Trinajstić information content (AvgIpc) is 3.35. The highest BCUT2D eigenvalue weighted by atomic mass is 15.0. The van der Waals surface area contributed by atoms with Crippen molar-refractivity contribution in [2.24, 2.45) is 0 Å². The van der Waals surface area contributed by atoms with Crippen molar-refractivity contribution in [1.29, 1.82) is 5.26 Å². The van der Waals surface area contributed by atoms with Gasteiger partial charge < -0.3 is 4.57 Å². The van der Waals surface area contributed by atoms with Gasteiger partial charge in [-0.25, -0.2) is 15.0 Å². The molecule has 0 radical (unpaired) electrons. The van der Waals surface area contributed by atoms with Gasteiger partial charge in [-0.1, -0.05) is 78.9 Å². The van der Waals surface area contributed by atoms with Gasteiger partial charge in [-0.05, 0) is 48.5 Å². The molecule has 0 atom stereocenters. The lowest BCUT2D eigenvalue weighted by Crippen LogP contribution is -2.00. The number of hydrogen-bond acceptors (Lipinski definition) is 4. The molecule has 7 rings (SSSR count). The van der Waals surface area contributed by atoms with Crippen LogP contribution in [0.2, 0.25) is 0 Å². The second-order valence-corrected chi connectivity index (χ2v) is 9.28. The van der Waals surface area contributed by atoms with Crippen LogP contribution in [-0.4, -0.2) is 19.5 Å². The Labute approximate surface area is 225 Å². The van der Waals surface area contributed by atoms with Crippen LogP contribution >= 0.6 is 0 Å². The fourth-order valence-corrected chi connectivity index (χ4v) is 5.02. The Kier molecular flexibility index (Phi) is 5.42. The summed E-state index contributed by atoms with van der Waals surface area (Å²) in [5, 5.41) is 11.6. The van der Waals surface area contributed by atoms with Crippen molar-refractivity contribution in [2.75, 3.05) is 0 Å². The zero-order valence-electron chi connectivity index (χ0n) is 20.9. The third-order valence-corrected chi connectivity index (χ3v) is 6.88. The zero-order valence-corrected chi connectivity index (χ0v) is 20.9. The molecule has 0 spiro atoms. The number of aromatic nitrogens is 4. The fraction of sp³-hybridized carbons (Fsp3) is 0. The van der Waals surface area contributed by atoms with E-state index in [9.17, 15) is 5.26 Å². The standard InChI is InChI=1S/C34H21N5/c35-22-23-15-20-31-29(21-23)28-13-7-8-14-30(28)39(31)27-18-16-26(17-19-27)34-37-32(24-9-3-1-4-10-24)36-33(38-34)25-11-5-2-6-12-25/h1-21H. The molecule has 39 heavy (non-hydrogen) atoms. The highest BCUT2D eigenvalue weighted by Gasteiger charge is 2.15. The van der Waals surface area contributed by atoms with E-state index in [2.05, 4.69) is 47.0 Å². The summed E-state index contributed by atoms with van der Waals surface area (Å²) in [5.41, 5.74) is 6.61. The van der Waals surface area contributed by atoms with Gasteiger partial charge in [-0.3, -0.25) is 0 Å². The molecule has 0 unspecified atom stereocenters. The van der Waals surface area contributed by atoms with E-state index in [0.717, 1.165) is 44.2 Å². The van der Waals surface area contributed by atoms with Crippen LogP contribution < -0.4 is 0 Å². The van der Waals surface area contributed by atoms with Crippen molar-refractivity contribution in [3.63, 3.8) is 0 Å². The van der Waals surface area contributed by atoms with Gasteiger partial charge in [0.1, 0.15) is 0 Å². The summed E-state index contributed by atoms with van der Waals surface area (Å²) in [4.78, 5) is 14.5. The van der Waals surface area contributed by atoms with Crippen molar-refractivity contribution in [3.05, 3.63) is 133 Å². The normalized spacial score (nSPS) is 11.1. The molecule has 7 aromatic rings. The van der Waals surface area contributed by atoms with E-state index in [-0.39, 0.29) is 0 Å². The first-order valence-corrected chi connectivity index (χ1v) is 12.7. The lowest BCUT2D eigenvalue weighted by Gasteiger charge is -2.10. The summed E-state index contributed by atoms with van der Waals surface area (Å²) in [5.74, 6) is 1.90. The van der Waals surface area contributed by atoms with E-state index in [0.29, 0.717) is 23.0 Å². The summed E-state index contributed by atoms with van der Waals surface area (Å²) in [6.07, 6.45) is 0. The van der Waals surface area contributed by atoms with Crippen molar-refractivity contribution >= 4 is 21.8 Å². The quantitative estimate of drug-likeness (QED) is 0.247. The Morgan fingerprint density at radius 2 is 1.00 bits per heavy atom. The van der Waals surface area contributed by atoms with E-state index in [1.54, 1.807) is 0 Å². The van der Waals surface area contributed by atoms with Crippen LogP contribution in [-0.2, 0) is 0 Å². The molecule has 0 aliphatic heterocycles. The second kappa shape index (κ2) is 9.37. The van der Waals surface area contributed by atoms with Gasteiger partial charge in [0.2, 0.25) is 0 Å². The number of nitriles is 1. The lowest BCUT2D eigenvalue weighted by atomic mass is 10.1. The first kappa shape index (κ1) is 22.6. The molecule has 0 fully saturated rings. The number of hydrogen-bond donors (Lipinski definition) is 0. The molecule has 5 aromatic carbocycles. The molecule has 0 saturated heterocycles. The average molecular weight is 500 g/mol.